The minimum Gasteiger partial charge on any atom is -0.310 e. The van der Waals surface area contributed by atoms with Gasteiger partial charge in [0.2, 0.25) is 0 Å². The van der Waals surface area contributed by atoms with E-state index in [1.54, 1.807) is 0 Å². The molecule has 0 atom stereocenters. The molecular weight excluding hydrogens is 977 g/mol. The molecule has 13 aromatic carbocycles. The fraction of sp³-hybridized carbons (Fsp3) is 0.0127. The minimum absolute atomic E-state index is 0.528. The normalized spacial score (nSPS) is 12.3. The molecule has 15 rings (SSSR count). The van der Waals surface area contributed by atoms with Gasteiger partial charge in [0.05, 0.1) is 16.4 Å². The molecule has 0 amide bonds. The van der Waals surface area contributed by atoms with Crippen LogP contribution in [-0.2, 0) is 5.41 Å². The number of anilines is 3. The molecule has 2 nitrogen and oxygen atoms in total. The van der Waals surface area contributed by atoms with Crippen molar-refractivity contribution in [1.82, 2.24) is 4.57 Å². The Labute approximate surface area is 473 Å². The van der Waals surface area contributed by atoms with E-state index in [2.05, 4.69) is 337 Å². The first-order valence-corrected chi connectivity index (χ1v) is 28.0. The molecule has 1 heterocycles. The molecule has 1 aliphatic carbocycles. The van der Waals surface area contributed by atoms with Crippen LogP contribution in [0.2, 0.25) is 0 Å². The number of benzene rings is 13. The van der Waals surface area contributed by atoms with Crippen LogP contribution in [0, 0.1) is 0 Å². The lowest BCUT2D eigenvalue weighted by molar-refractivity contribution is 0.768. The molecule has 1 aliphatic rings. The van der Waals surface area contributed by atoms with Crippen LogP contribution in [0.3, 0.4) is 0 Å². The zero-order valence-corrected chi connectivity index (χ0v) is 44.6. The smallest absolute Gasteiger partial charge is 0.0714 e. The van der Waals surface area contributed by atoms with Gasteiger partial charge in [-0.15, -0.1) is 0 Å². The molecule has 380 valence electrons. The van der Waals surface area contributed by atoms with E-state index in [0.29, 0.717) is 0 Å². The Balaban J connectivity index is 0.821. The summed E-state index contributed by atoms with van der Waals surface area (Å²) in [6.07, 6.45) is 0. The van der Waals surface area contributed by atoms with Gasteiger partial charge in [0.1, 0.15) is 0 Å². The van der Waals surface area contributed by atoms with Crippen molar-refractivity contribution in [3.63, 3.8) is 0 Å². The molecule has 2 heteroatoms. The first kappa shape index (κ1) is 47.7. The molecule has 81 heavy (non-hydrogen) atoms. The van der Waals surface area contributed by atoms with Crippen molar-refractivity contribution in [2.45, 2.75) is 5.41 Å². The topological polar surface area (TPSA) is 8.17 Å². The molecule has 0 N–H and O–H groups in total. The van der Waals surface area contributed by atoms with Crippen molar-refractivity contribution in [3.05, 3.63) is 350 Å². The van der Waals surface area contributed by atoms with Crippen LogP contribution in [0.15, 0.2) is 328 Å². The average Bonchev–Trinajstić information content (AvgIpc) is 2.65. The van der Waals surface area contributed by atoms with Crippen LogP contribution >= 0.6 is 0 Å². The summed E-state index contributed by atoms with van der Waals surface area (Å²) < 4.78 is 2.44. The highest BCUT2D eigenvalue weighted by atomic mass is 15.1. The van der Waals surface area contributed by atoms with Gasteiger partial charge in [-0.1, -0.05) is 255 Å². The van der Waals surface area contributed by atoms with Crippen molar-refractivity contribution < 1.29 is 0 Å². The number of aromatic nitrogens is 1. The van der Waals surface area contributed by atoms with Gasteiger partial charge in [-0.05, 0) is 162 Å². The van der Waals surface area contributed by atoms with E-state index in [-0.39, 0.29) is 0 Å². The van der Waals surface area contributed by atoms with Crippen molar-refractivity contribution in [3.8, 4) is 72.4 Å². The second-order valence-corrected chi connectivity index (χ2v) is 21.2. The number of hydrogen-bond donors (Lipinski definition) is 0. The summed E-state index contributed by atoms with van der Waals surface area (Å²) in [5.41, 5.74) is 25.6. The maximum absolute atomic E-state index is 2.46. The Kier molecular flexibility index (Phi) is 11.8. The lowest BCUT2D eigenvalue weighted by Crippen LogP contribution is -2.28. The van der Waals surface area contributed by atoms with Crippen LogP contribution in [-0.4, -0.2) is 4.57 Å². The van der Waals surface area contributed by atoms with Crippen molar-refractivity contribution in [2.24, 2.45) is 0 Å². The van der Waals surface area contributed by atoms with Gasteiger partial charge < -0.3 is 9.47 Å². The van der Waals surface area contributed by atoms with E-state index in [4.69, 9.17) is 0 Å². The third kappa shape index (κ3) is 8.27. The van der Waals surface area contributed by atoms with E-state index in [1.165, 1.54) is 99.7 Å². The summed E-state index contributed by atoms with van der Waals surface area (Å²) in [7, 11) is 0. The molecule has 1 aromatic heterocycles. The molecule has 0 radical (unpaired) electrons. The highest BCUT2D eigenvalue weighted by Gasteiger charge is 2.46. The first-order chi connectivity index (χ1) is 40.2. The molecular formula is C79H54N2. The number of rotatable bonds is 11. The molecule has 0 spiro atoms. The molecule has 0 aliphatic heterocycles. The molecule has 14 aromatic rings. The lowest BCUT2D eigenvalue weighted by atomic mass is 9.67. The van der Waals surface area contributed by atoms with E-state index < -0.39 is 5.41 Å². The second-order valence-electron chi connectivity index (χ2n) is 21.2. The Morgan fingerprint density at radius 2 is 0.667 bits per heavy atom. The average molecular weight is 1030 g/mol. The second kappa shape index (κ2) is 20.0. The third-order valence-electron chi connectivity index (χ3n) is 16.7. The standard InChI is InChI=1S/C79H54N2/c1-6-21-55(22-7-1)58-41-44-67(45-42-58)80(69-46-47-72-71-33-16-18-35-75(71)79(76(72)54-69,65-28-12-4-13-29-65)66-30-14-5-15-31-66)68-32-20-27-61(50-68)59-37-39-60(40-38-59)62-43-48-78-74(53-62)73-34-17-19-36-77(73)81(78)70-51-63(56-23-8-2-9-24-56)49-64(52-70)57-25-10-3-11-26-57/h1-54H. The highest BCUT2D eigenvalue weighted by molar-refractivity contribution is 6.10. The quantitative estimate of drug-likeness (QED) is 0.125. The van der Waals surface area contributed by atoms with Gasteiger partial charge in [-0.3, -0.25) is 0 Å². The summed E-state index contributed by atoms with van der Waals surface area (Å²) in [5, 5.41) is 2.45. The van der Waals surface area contributed by atoms with Crippen LogP contribution in [0.5, 0.6) is 0 Å². The van der Waals surface area contributed by atoms with Crippen molar-refractivity contribution in [2.75, 3.05) is 4.90 Å². The summed E-state index contributed by atoms with van der Waals surface area (Å²) in [5.74, 6) is 0. The monoisotopic (exact) mass is 1030 g/mol. The van der Waals surface area contributed by atoms with Crippen LogP contribution < -0.4 is 4.90 Å². The maximum atomic E-state index is 2.46. The van der Waals surface area contributed by atoms with E-state index in [0.717, 1.165) is 33.9 Å². The van der Waals surface area contributed by atoms with Crippen LogP contribution in [0.1, 0.15) is 22.3 Å². The first-order valence-electron chi connectivity index (χ1n) is 28.0. The minimum atomic E-state index is -0.528. The van der Waals surface area contributed by atoms with Crippen LogP contribution in [0.25, 0.3) is 94.3 Å². The number of fused-ring (bicyclic) bond motifs is 6. The predicted molar refractivity (Wildman–Crippen MR) is 340 cm³/mol. The largest absolute Gasteiger partial charge is 0.310 e. The Morgan fingerprint density at radius 3 is 1.30 bits per heavy atom. The van der Waals surface area contributed by atoms with Gasteiger partial charge in [-0.25, -0.2) is 0 Å². The molecule has 0 saturated heterocycles. The number of hydrogen-bond acceptors (Lipinski definition) is 1. The Bertz CT molecular complexity index is 4490. The van der Waals surface area contributed by atoms with E-state index in [9.17, 15) is 0 Å². The fourth-order valence-electron chi connectivity index (χ4n) is 12.9. The molecule has 0 unspecified atom stereocenters. The SMILES string of the molecule is c1ccc(-c2ccc(N(c3cccc(-c4ccc(-c5ccc6c(c5)c5ccccc5n6-c5cc(-c6ccccc6)cc(-c6ccccc6)c5)cc4)c3)c3ccc4c(c3)C(c3ccccc3)(c3ccccc3)c3ccccc3-4)cc2)cc1. The zero-order valence-electron chi connectivity index (χ0n) is 44.6. The highest BCUT2D eigenvalue weighted by Crippen LogP contribution is 2.57. The van der Waals surface area contributed by atoms with Gasteiger partial charge in [0, 0.05) is 33.5 Å². The molecule has 0 saturated carbocycles. The Morgan fingerprint density at radius 1 is 0.235 bits per heavy atom. The predicted octanol–water partition coefficient (Wildman–Crippen LogP) is 21.0. The lowest BCUT2D eigenvalue weighted by Gasteiger charge is -2.35. The molecule has 0 bridgehead atoms. The van der Waals surface area contributed by atoms with E-state index in [1.807, 2.05) is 0 Å². The number of nitrogens with zero attached hydrogens (tertiary/aromatic N) is 2. The fourth-order valence-corrected chi connectivity index (χ4v) is 12.9. The van der Waals surface area contributed by atoms with Gasteiger partial charge in [0.25, 0.3) is 0 Å². The molecule has 0 fully saturated rings. The van der Waals surface area contributed by atoms with Gasteiger partial charge >= 0.3 is 0 Å². The summed E-state index contributed by atoms with van der Waals surface area (Å²) in [6.45, 7) is 0. The number of para-hydroxylation sites is 1. The summed E-state index contributed by atoms with van der Waals surface area (Å²) in [6, 6.07) is 120. The summed E-state index contributed by atoms with van der Waals surface area (Å²) in [4.78, 5) is 2.43. The van der Waals surface area contributed by atoms with Crippen LogP contribution in [0.4, 0.5) is 17.1 Å². The van der Waals surface area contributed by atoms with Crippen molar-refractivity contribution >= 4 is 38.9 Å². The van der Waals surface area contributed by atoms with E-state index >= 15 is 0 Å². The maximum Gasteiger partial charge on any atom is 0.0714 e. The van der Waals surface area contributed by atoms with Gasteiger partial charge in [-0.2, -0.15) is 0 Å². The Hall–Kier alpha value is -10.5. The summed E-state index contributed by atoms with van der Waals surface area (Å²) >= 11 is 0. The van der Waals surface area contributed by atoms with Gasteiger partial charge in [0.15, 0.2) is 0 Å². The third-order valence-corrected chi connectivity index (χ3v) is 16.7. The van der Waals surface area contributed by atoms with Crippen molar-refractivity contribution in [1.29, 1.82) is 0 Å². The zero-order chi connectivity index (χ0) is 53.7.